The third kappa shape index (κ3) is 5.36. The molecule has 33 heavy (non-hydrogen) atoms. The van der Waals surface area contributed by atoms with Crippen LogP contribution in [0.3, 0.4) is 0 Å². The first-order valence-electron chi connectivity index (χ1n) is 12.4. The van der Waals surface area contributed by atoms with Gasteiger partial charge in [0.15, 0.2) is 0 Å². The van der Waals surface area contributed by atoms with Crippen molar-refractivity contribution in [3.8, 4) is 5.88 Å². The maximum absolute atomic E-state index is 13.4. The normalized spacial score (nSPS) is 28.4. The van der Waals surface area contributed by atoms with Gasteiger partial charge < -0.3 is 20.7 Å². The van der Waals surface area contributed by atoms with Gasteiger partial charge in [-0.1, -0.05) is 13.8 Å². The molecule has 8 heteroatoms. The molecule has 8 nitrogen and oxygen atoms in total. The van der Waals surface area contributed by atoms with Crippen molar-refractivity contribution in [3.05, 3.63) is 17.8 Å². The molecule has 0 aliphatic heterocycles. The first-order valence-corrected chi connectivity index (χ1v) is 12.4. The van der Waals surface area contributed by atoms with E-state index in [1.807, 2.05) is 19.9 Å². The minimum Gasteiger partial charge on any atom is -0.477 e. The largest absolute Gasteiger partial charge is 0.477 e. The number of aromatic nitrogens is 2. The number of amides is 3. The predicted molar refractivity (Wildman–Crippen MR) is 128 cm³/mol. The monoisotopic (exact) mass is 457 g/mol. The van der Waals surface area contributed by atoms with E-state index in [2.05, 4.69) is 34.9 Å². The zero-order valence-corrected chi connectivity index (χ0v) is 20.6. The van der Waals surface area contributed by atoms with Crippen LogP contribution in [0.1, 0.15) is 70.2 Å². The molecule has 0 aromatic carbocycles. The van der Waals surface area contributed by atoms with Gasteiger partial charge in [-0.25, -0.2) is 9.48 Å². The third-order valence-corrected chi connectivity index (χ3v) is 7.37. The highest BCUT2D eigenvalue weighted by Gasteiger charge is 2.48. The van der Waals surface area contributed by atoms with E-state index in [-0.39, 0.29) is 18.0 Å². The molecule has 4 aliphatic rings. The lowest BCUT2D eigenvalue weighted by atomic mass is 9.54. The Morgan fingerprint density at radius 3 is 2.39 bits per heavy atom. The second kappa shape index (κ2) is 9.39. The summed E-state index contributed by atoms with van der Waals surface area (Å²) in [5.41, 5.74) is -0.143. The van der Waals surface area contributed by atoms with E-state index in [1.165, 1.54) is 32.1 Å². The van der Waals surface area contributed by atoms with Crippen LogP contribution in [0.15, 0.2) is 12.3 Å². The Hall–Kier alpha value is -2.51. The van der Waals surface area contributed by atoms with Crippen molar-refractivity contribution < 1.29 is 14.3 Å². The Kier molecular flexibility index (Phi) is 6.73. The van der Waals surface area contributed by atoms with Gasteiger partial charge >= 0.3 is 6.03 Å². The van der Waals surface area contributed by atoms with Crippen molar-refractivity contribution in [2.24, 2.45) is 29.6 Å². The number of nitrogens with one attached hydrogen (secondary N) is 3. The molecule has 1 heterocycles. The van der Waals surface area contributed by atoms with Crippen molar-refractivity contribution in [2.45, 2.75) is 71.4 Å². The molecule has 0 radical (unpaired) electrons. The Morgan fingerprint density at radius 1 is 1.18 bits per heavy atom. The maximum Gasteiger partial charge on any atom is 0.315 e. The van der Waals surface area contributed by atoms with E-state index in [9.17, 15) is 9.59 Å². The number of ether oxygens (including phenoxy) is 1. The Morgan fingerprint density at radius 2 is 1.82 bits per heavy atom. The molecule has 3 amide bonds. The number of carbonyl (C=O) groups is 2. The van der Waals surface area contributed by atoms with Gasteiger partial charge in [-0.2, -0.15) is 5.10 Å². The smallest absolute Gasteiger partial charge is 0.315 e. The van der Waals surface area contributed by atoms with E-state index >= 15 is 0 Å². The molecule has 4 aliphatic carbocycles. The SMILES string of the molecule is CNC(=O)NC(C)(C)C=Cn1ncc(C(=O)NC2C3CC4CC(C3)CC2C4)c1OCC(C)C. The van der Waals surface area contributed by atoms with Gasteiger partial charge in [0.2, 0.25) is 5.88 Å². The van der Waals surface area contributed by atoms with Gasteiger partial charge in [0.1, 0.15) is 5.56 Å². The van der Waals surface area contributed by atoms with Crippen molar-refractivity contribution in [1.29, 1.82) is 0 Å². The van der Waals surface area contributed by atoms with Gasteiger partial charge in [-0.15, -0.1) is 0 Å². The highest BCUT2D eigenvalue weighted by atomic mass is 16.5. The van der Waals surface area contributed by atoms with Crippen LogP contribution < -0.4 is 20.7 Å². The summed E-state index contributed by atoms with van der Waals surface area (Å²) < 4.78 is 7.64. The van der Waals surface area contributed by atoms with E-state index < -0.39 is 5.54 Å². The summed E-state index contributed by atoms with van der Waals surface area (Å²) in [7, 11) is 1.58. The average Bonchev–Trinajstić information content (AvgIpc) is 3.15. The Bertz CT molecular complexity index is 876. The summed E-state index contributed by atoms with van der Waals surface area (Å²) in [5, 5.41) is 13.2. The van der Waals surface area contributed by atoms with E-state index in [0.717, 1.165) is 11.8 Å². The number of urea groups is 1. The summed E-state index contributed by atoms with van der Waals surface area (Å²) >= 11 is 0. The third-order valence-electron chi connectivity index (χ3n) is 7.37. The number of carbonyl (C=O) groups excluding carboxylic acids is 2. The molecule has 4 bridgehead atoms. The molecule has 182 valence electrons. The number of hydrogen-bond donors (Lipinski definition) is 3. The summed E-state index contributed by atoms with van der Waals surface area (Å²) in [5.74, 6) is 3.60. The van der Waals surface area contributed by atoms with Crippen LogP contribution in [-0.4, -0.2) is 47.0 Å². The summed E-state index contributed by atoms with van der Waals surface area (Å²) in [6, 6.07) is -0.00467. The summed E-state index contributed by atoms with van der Waals surface area (Å²) in [6.07, 6.45) is 11.6. The van der Waals surface area contributed by atoms with Gasteiger partial charge in [0, 0.05) is 19.3 Å². The highest BCUT2D eigenvalue weighted by molar-refractivity contribution is 5.96. The van der Waals surface area contributed by atoms with Crippen LogP contribution in [-0.2, 0) is 0 Å². The second-order valence-electron chi connectivity index (χ2n) is 11.2. The van der Waals surface area contributed by atoms with Crippen molar-refractivity contribution >= 4 is 18.1 Å². The molecule has 0 atom stereocenters. The summed E-state index contributed by atoms with van der Waals surface area (Å²) in [4.78, 5) is 25.1. The van der Waals surface area contributed by atoms with Crippen LogP contribution in [0.5, 0.6) is 5.88 Å². The fraction of sp³-hybridized carbons (Fsp3) is 0.720. The van der Waals surface area contributed by atoms with Crippen molar-refractivity contribution in [1.82, 2.24) is 25.7 Å². The van der Waals surface area contributed by atoms with Gasteiger partial charge in [0.05, 0.1) is 18.3 Å². The molecule has 0 spiro atoms. The van der Waals surface area contributed by atoms with Crippen LogP contribution in [0.2, 0.25) is 0 Å². The molecule has 0 saturated heterocycles. The lowest BCUT2D eigenvalue weighted by Crippen LogP contribution is -2.55. The number of hydrogen-bond acceptors (Lipinski definition) is 4. The molecular weight excluding hydrogens is 418 g/mol. The van der Waals surface area contributed by atoms with Crippen LogP contribution in [0.4, 0.5) is 4.79 Å². The van der Waals surface area contributed by atoms with Crippen molar-refractivity contribution in [2.75, 3.05) is 13.7 Å². The quantitative estimate of drug-likeness (QED) is 0.555. The number of nitrogens with zero attached hydrogens (tertiary/aromatic N) is 2. The molecule has 4 fully saturated rings. The minimum absolute atomic E-state index is 0.103. The average molecular weight is 458 g/mol. The first kappa shape index (κ1) is 23.6. The maximum atomic E-state index is 13.4. The number of rotatable bonds is 8. The molecule has 1 aromatic heterocycles. The van der Waals surface area contributed by atoms with Gasteiger partial charge in [-0.05, 0) is 81.6 Å². The summed E-state index contributed by atoms with van der Waals surface area (Å²) in [6.45, 7) is 8.40. The second-order valence-corrected chi connectivity index (χ2v) is 11.2. The Balaban J connectivity index is 1.51. The van der Waals surface area contributed by atoms with Gasteiger partial charge in [-0.3, -0.25) is 4.79 Å². The Labute approximate surface area is 196 Å². The zero-order valence-electron chi connectivity index (χ0n) is 20.6. The zero-order chi connectivity index (χ0) is 23.8. The first-order chi connectivity index (χ1) is 15.6. The van der Waals surface area contributed by atoms with Crippen molar-refractivity contribution in [3.63, 3.8) is 0 Å². The molecule has 4 saturated carbocycles. The van der Waals surface area contributed by atoms with Crippen LogP contribution >= 0.6 is 0 Å². The lowest BCUT2D eigenvalue weighted by molar-refractivity contribution is -0.0120. The van der Waals surface area contributed by atoms with Crippen LogP contribution in [0.25, 0.3) is 6.20 Å². The molecular formula is C25H39N5O3. The molecule has 0 unspecified atom stereocenters. The standard InChI is InChI=1S/C25H39N5O3/c1-15(2)14-33-23-20(13-27-30(23)7-6-25(3,4)29-24(32)26-5)22(31)28-21-18-9-16-8-17(11-18)12-19(21)10-16/h6-7,13,15-19,21H,8-12,14H2,1-5H3,(H,28,31)(H2,26,29,32). The predicted octanol–water partition coefficient (Wildman–Crippen LogP) is 3.65. The minimum atomic E-state index is -0.607. The molecule has 3 N–H and O–H groups in total. The van der Waals surface area contributed by atoms with Gasteiger partial charge in [0.25, 0.3) is 5.91 Å². The highest BCUT2D eigenvalue weighted by Crippen LogP contribution is 2.53. The van der Waals surface area contributed by atoms with E-state index in [1.54, 1.807) is 24.1 Å². The fourth-order valence-corrected chi connectivity index (χ4v) is 6.05. The van der Waals surface area contributed by atoms with E-state index in [4.69, 9.17) is 4.74 Å². The molecule has 1 aromatic rings. The fourth-order valence-electron chi connectivity index (χ4n) is 6.05. The molecule has 5 rings (SSSR count). The van der Waals surface area contributed by atoms with Crippen LogP contribution in [0, 0.1) is 29.6 Å². The lowest BCUT2D eigenvalue weighted by Gasteiger charge is -2.54. The topological polar surface area (TPSA) is 97.3 Å². The van der Waals surface area contributed by atoms with E-state index in [0.29, 0.717) is 35.8 Å².